The Morgan fingerprint density at radius 2 is 0.976 bits per heavy atom. The van der Waals surface area contributed by atoms with Gasteiger partial charge in [-0.3, -0.25) is 0 Å². The zero-order valence-corrected chi connectivity index (χ0v) is 21.7. The van der Waals surface area contributed by atoms with Crippen molar-refractivity contribution in [3.8, 4) is 47.0 Å². The molecule has 196 valence electrons. The van der Waals surface area contributed by atoms with Crippen molar-refractivity contribution in [2.45, 2.75) is 0 Å². The SMILES string of the molecule is C=CC(=O)Oc1ccccc1C#Cc1ccc(C#Cc2ccc(C#Cc3ccccc3OC(=O)C=C)c(F)c2)cc1. The van der Waals surface area contributed by atoms with Gasteiger partial charge in [0.15, 0.2) is 0 Å². The predicted octanol–water partition coefficient (Wildman–Crippen LogP) is 6.21. The van der Waals surface area contributed by atoms with E-state index in [4.69, 9.17) is 9.47 Å². The fourth-order valence-electron chi connectivity index (χ4n) is 3.37. The smallest absolute Gasteiger partial charge is 0.335 e. The molecule has 0 aliphatic heterocycles. The molecule has 0 N–H and O–H groups in total. The minimum atomic E-state index is -0.606. The Hall–Kier alpha value is -6.09. The van der Waals surface area contributed by atoms with Crippen LogP contribution in [0.2, 0.25) is 0 Å². The molecule has 0 unspecified atom stereocenters. The molecule has 0 radical (unpaired) electrons. The van der Waals surface area contributed by atoms with Gasteiger partial charge < -0.3 is 9.47 Å². The van der Waals surface area contributed by atoms with Gasteiger partial charge in [-0.2, -0.15) is 0 Å². The van der Waals surface area contributed by atoms with Gasteiger partial charge in [0, 0.05) is 28.8 Å². The van der Waals surface area contributed by atoms with Crippen molar-refractivity contribution in [3.63, 3.8) is 0 Å². The molecule has 41 heavy (non-hydrogen) atoms. The van der Waals surface area contributed by atoms with Gasteiger partial charge >= 0.3 is 11.9 Å². The molecule has 0 atom stereocenters. The van der Waals surface area contributed by atoms with Gasteiger partial charge in [-0.25, -0.2) is 14.0 Å². The van der Waals surface area contributed by atoms with Crippen molar-refractivity contribution in [2.75, 3.05) is 0 Å². The van der Waals surface area contributed by atoms with Gasteiger partial charge in [0.25, 0.3) is 0 Å². The van der Waals surface area contributed by atoms with E-state index in [1.807, 2.05) is 24.3 Å². The number of para-hydroxylation sites is 2. The van der Waals surface area contributed by atoms with E-state index in [2.05, 4.69) is 48.7 Å². The average molecular weight is 537 g/mol. The highest BCUT2D eigenvalue weighted by Crippen LogP contribution is 2.19. The summed E-state index contributed by atoms with van der Waals surface area (Å²) in [4.78, 5) is 23.1. The summed E-state index contributed by atoms with van der Waals surface area (Å²) in [6, 6.07) is 25.5. The lowest BCUT2D eigenvalue weighted by molar-refractivity contribution is -0.129. The molecule has 0 aromatic heterocycles. The van der Waals surface area contributed by atoms with Crippen LogP contribution in [-0.2, 0) is 9.59 Å². The number of hydrogen-bond donors (Lipinski definition) is 0. The van der Waals surface area contributed by atoms with Crippen molar-refractivity contribution in [1.29, 1.82) is 0 Å². The monoisotopic (exact) mass is 536 g/mol. The maximum Gasteiger partial charge on any atom is 0.335 e. The summed E-state index contributed by atoms with van der Waals surface area (Å²) < 4.78 is 25.1. The summed E-state index contributed by atoms with van der Waals surface area (Å²) >= 11 is 0. The first-order chi connectivity index (χ1) is 19.9. The molecule has 4 aromatic carbocycles. The Kier molecular flexibility index (Phi) is 9.29. The molecular formula is C36H21FO4. The summed E-state index contributed by atoms with van der Waals surface area (Å²) in [5.74, 6) is 16.6. The fraction of sp³-hybridized carbons (Fsp3) is 0. The molecule has 5 heteroatoms. The van der Waals surface area contributed by atoms with E-state index in [0.717, 1.165) is 23.3 Å². The zero-order chi connectivity index (χ0) is 29.0. The van der Waals surface area contributed by atoms with Crippen LogP contribution in [-0.4, -0.2) is 11.9 Å². The molecule has 4 aromatic rings. The molecular weight excluding hydrogens is 515 g/mol. The Balaban J connectivity index is 1.46. The maximum absolute atomic E-state index is 14.7. The van der Waals surface area contributed by atoms with Crippen molar-refractivity contribution >= 4 is 11.9 Å². The standard InChI is InChI=1S/C36H21FO4/c1-3-35(38)40-33-11-7-5-9-30(33)22-19-27-15-13-26(14-16-27)17-18-28-20-21-29(32(37)25-28)23-24-31-10-6-8-12-34(31)41-36(39)4-2/h3-16,20-21,25H,1-2H2. The van der Waals surface area contributed by atoms with Crippen molar-refractivity contribution in [2.24, 2.45) is 0 Å². The number of hydrogen-bond acceptors (Lipinski definition) is 4. The largest absolute Gasteiger partial charge is 0.422 e. The Morgan fingerprint density at radius 3 is 1.49 bits per heavy atom. The van der Waals surface area contributed by atoms with Crippen LogP contribution < -0.4 is 9.47 Å². The third-order valence-corrected chi connectivity index (χ3v) is 5.41. The van der Waals surface area contributed by atoms with Gasteiger partial charge in [0.05, 0.1) is 16.7 Å². The Morgan fingerprint density at radius 1 is 0.561 bits per heavy atom. The molecule has 0 bridgehead atoms. The van der Waals surface area contributed by atoms with Crippen LogP contribution in [0.3, 0.4) is 0 Å². The molecule has 0 aliphatic carbocycles. The second kappa shape index (κ2) is 13.6. The minimum absolute atomic E-state index is 0.184. The summed E-state index contributed by atoms with van der Waals surface area (Å²) in [7, 11) is 0. The van der Waals surface area contributed by atoms with Gasteiger partial charge in [0.2, 0.25) is 0 Å². The van der Waals surface area contributed by atoms with E-state index in [9.17, 15) is 14.0 Å². The van der Waals surface area contributed by atoms with Crippen LogP contribution >= 0.6 is 0 Å². The highest BCUT2D eigenvalue weighted by molar-refractivity contribution is 5.84. The Bertz CT molecular complexity index is 1830. The summed E-state index contributed by atoms with van der Waals surface area (Å²) in [6.45, 7) is 6.78. The van der Waals surface area contributed by atoms with Crippen LogP contribution in [0.15, 0.2) is 116 Å². The lowest BCUT2D eigenvalue weighted by Crippen LogP contribution is -2.04. The molecule has 4 rings (SSSR count). The van der Waals surface area contributed by atoms with Crippen molar-refractivity contribution in [3.05, 3.63) is 156 Å². The number of rotatable bonds is 4. The first kappa shape index (κ1) is 27.9. The third kappa shape index (κ3) is 7.95. The van der Waals surface area contributed by atoms with E-state index in [1.165, 1.54) is 6.07 Å². The first-order valence-electron chi connectivity index (χ1n) is 12.3. The van der Waals surface area contributed by atoms with Gasteiger partial charge in [-0.1, -0.05) is 72.9 Å². The van der Waals surface area contributed by atoms with Gasteiger partial charge in [0.1, 0.15) is 17.3 Å². The van der Waals surface area contributed by atoms with E-state index < -0.39 is 17.8 Å². The average Bonchev–Trinajstić information content (AvgIpc) is 3.00. The number of benzene rings is 4. The van der Waals surface area contributed by atoms with Crippen LogP contribution in [0.5, 0.6) is 11.5 Å². The van der Waals surface area contributed by atoms with E-state index in [-0.39, 0.29) is 11.3 Å². The molecule has 0 amide bonds. The number of halogens is 1. The molecule has 0 aliphatic rings. The lowest BCUT2D eigenvalue weighted by Gasteiger charge is -2.03. The van der Waals surface area contributed by atoms with Crippen molar-refractivity contribution in [1.82, 2.24) is 0 Å². The van der Waals surface area contributed by atoms with Crippen LogP contribution in [0.4, 0.5) is 4.39 Å². The fourth-order valence-corrected chi connectivity index (χ4v) is 3.37. The summed E-state index contributed by atoms with van der Waals surface area (Å²) in [5.41, 5.74) is 3.16. The normalized spacial score (nSPS) is 9.39. The molecule has 0 saturated heterocycles. The number of carbonyl (C=O) groups excluding carboxylic acids is 2. The molecule has 0 saturated carbocycles. The summed E-state index contributed by atoms with van der Waals surface area (Å²) in [6.07, 6.45) is 2.15. The van der Waals surface area contributed by atoms with Gasteiger partial charge in [-0.05, 0) is 66.7 Å². The quantitative estimate of drug-likeness (QED) is 0.135. The van der Waals surface area contributed by atoms with E-state index in [0.29, 0.717) is 22.4 Å². The first-order valence-corrected chi connectivity index (χ1v) is 12.3. The van der Waals surface area contributed by atoms with Gasteiger partial charge in [-0.15, -0.1) is 0 Å². The highest BCUT2D eigenvalue weighted by atomic mass is 19.1. The van der Waals surface area contributed by atoms with Crippen LogP contribution in [0, 0.1) is 41.3 Å². The van der Waals surface area contributed by atoms with E-state index >= 15 is 0 Å². The Labute approximate surface area is 237 Å². The third-order valence-electron chi connectivity index (χ3n) is 5.41. The molecule has 4 nitrogen and oxygen atoms in total. The predicted molar refractivity (Wildman–Crippen MR) is 155 cm³/mol. The number of ether oxygens (including phenoxy) is 2. The number of carbonyl (C=O) groups is 2. The molecule has 0 heterocycles. The lowest BCUT2D eigenvalue weighted by atomic mass is 10.1. The number of esters is 2. The maximum atomic E-state index is 14.7. The minimum Gasteiger partial charge on any atom is -0.422 e. The zero-order valence-electron chi connectivity index (χ0n) is 21.7. The highest BCUT2D eigenvalue weighted by Gasteiger charge is 2.06. The molecule has 0 spiro atoms. The second-order valence-corrected chi connectivity index (χ2v) is 8.26. The summed E-state index contributed by atoms with van der Waals surface area (Å²) in [5, 5.41) is 0. The van der Waals surface area contributed by atoms with Crippen LogP contribution in [0.1, 0.15) is 33.4 Å². The topological polar surface area (TPSA) is 52.6 Å². The van der Waals surface area contributed by atoms with Crippen molar-refractivity contribution < 1.29 is 23.5 Å². The molecule has 0 fully saturated rings. The van der Waals surface area contributed by atoms with E-state index in [1.54, 1.807) is 60.7 Å². The second-order valence-electron chi connectivity index (χ2n) is 8.26. The van der Waals surface area contributed by atoms with Crippen LogP contribution in [0.25, 0.3) is 0 Å².